The summed E-state index contributed by atoms with van der Waals surface area (Å²) < 4.78 is 0. The molecule has 1 aliphatic rings. The van der Waals surface area contributed by atoms with E-state index in [2.05, 4.69) is 30.4 Å². The van der Waals surface area contributed by atoms with Crippen LogP contribution in [0.25, 0.3) is 0 Å². The van der Waals surface area contributed by atoms with E-state index >= 15 is 0 Å². The molecule has 0 bridgehead atoms. The lowest BCUT2D eigenvalue weighted by molar-refractivity contribution is 0.0697. The van der Waals surface area contributed by atoms with E-state index in [1.807, 2.05) is 12.1 Å². The van der Waals surface area contributed by atoms with E-state index in [0.29, 0.717) is 11.6 Å². The van der Waals surface area contributed by atoms with Crippen molar-refractivity contribution < 1.29 is 9.90 Å². The van der Waals surface area contributed by atoms with Gasteiger partial charge in [0.2, 0.25) is 0 Å². The Labute approximate surface area is 131 Å². The summed E-state index contributed by atoms with van der Waals surface area (Å²) in [6.45, 7) is 2.90. The summed E-state index contributed by atoms with van der Waals surface area (Å²) >= 11 is 0. The Balaban J connectivity index is 1.70. The molecule has 114 valence electrons. The Morgan fingerprint density at radius 2 is 2.00 bits per heavy atom. The van der Waals surface area contributed by atoms with E-state index in [9.17, 15) is 4.79 Å². The summed E-state index contributed by atoms with van der Waals surface area (Å²) in [5.74, 6) is -0.879. The Bertz CT molecular complexity index is 676. The number of hydrogen-bond donors (Lipinski definition) is 2. The fourth-order valence-corrected chi connectivity index (χ4v) is 3.14. The molecule has 0 radical (unpaired) electrons. The van der Waals surface area contributed by atoms with Crippen LogP contribution in [0.4, 0.5) is 0 Å². The molecule has 0 saturated heterocycles. The van der Waals surface area contributed by atoms with Gasteiger partial charge in [0.15, 0.2) is 0 Å². The number of nitrogens with one attached hydrogen (secondary N) is 1. The van der Waals surface area contributed by atoms with Gasteiger partial charge in [-0.05, 0) is 55.0 Å². The zero-order valence-corrected chi connectivity index (χ0v) is 12.8. The molecule has 2 aromatic rings. The molecule has 2 N–H and O–H groups in total. The molecule has 3 rings (SSSR count). The van der Waals surface area contributed by atoms with Crippen LogP contribution in [0.1, 0.15) is 51.5 Å². The van der Waals surface area contributed by atoms with Gasteiger partial charge in [0, 0.05) is 12.6 Å². The van der Waals surface area contributed by atoms with Gasteiger partial charge >= 0.3 is 5.97 Å². The van der Waals surface area contributed by atoms with Gasteiger partial charge in [-0.15, -0.1) is 0 Å². The van der Waals surface area contributed by atoms with Crippen LogP contribution in [0.2, 0.25) is 0 Å². The maximum absolute atomic E-state index is 10.9. The number of hydrogen-bond acceptors (Lipinski definition) is 2. The van der Waals surface area contributed by atoms with Crippen LogP contribution in [0, 0.1) is 6.92 Å². The number of aryl methyl sites for hydroxylation is 2. The van der Waals surface area contributed by atoms with Crippen molar-refractivity contribution in [3.05, 3.63) is 70.3 Å². The number of aromatic carboxylic acids is 1. The van der Waals surface area contributed by atoms with Crippen molar-refractivity contribution in [1.29, 1.82) is 0 Å². The molecular formula is C19H21NO2. The maximum Gasteiger partial charge on any atom is 0.335 e. The quantitative estimate of drug-likeness (QED) is 0.900. The average Bonchev–Trinajstić information content (AvgIpc) is 2.53. The van der Waals surface area contributed by atoms with E-state index in [4.69, 9.17) is 5.11 Å². The summed E-state index contributed by atoms with van der Waals surface area (Å²) in [5.41, 5.74) is 5.63. The molecule has 1 atom stereocenters. The first-order chi connectivity index (χ1) is 10.6. The van der Waals surface area contributed by atoms with Crippen LogP contribution in [0.15, 0.2) is 42.5 Å². The van der Waals surface area contributed by atoms with Crippen molar-refractivity contribution in [2.45, 2.75) is 38.8 Å². The number of carboxylic acids is 1. The van der Waals surface area contributed by atoms with Gasteiger partial charge in [-0.25, -0.2) is 4.79 Å². The van der Waals surface area contributed by atoms with Gasteiger partial charge in [0.25, 0.3) is 0 Å². The normalized spacial score (nSPS) is 17.0. The molecule has 0 fully saturated rings. The van der Waals surface area contributed by atoms with Gasteiger partial charge in [-0.3, -0.25) is 0 Å². The smallest absolute Gasteiger partial charge is 0.335 e. The second kappa shape index (κ2) is 6.32. The molecule has 0 amide bonds. The monoisotopic (exact) mass is 295 g/mol. The fourth-order valence-electron chi connectivity index (χ4n) is 3.14. The Kier molecular flexibility index (Phi) is 4.25. The summed E-state index contributed by atoms with van der Waals surface area (Å²) in [4.78, 5) is 10.9. The Morgan fingerprint density at radius 1 is 1.23 bits per heavy atom. The number of rotatable bonds is 4. The lowest BCUT2D eigenvalue weighted by atomic mass is 9.86. The van der Waals surface area contributed by atoms with Gasteiger partial charge in [-0.2, -0.15) is 0 Å². The molecule has 0 spiro atoms. The van der Waals surface area contributed by atoms with E-state index in [0.717, 1.165) is 18.5 Å². The second-order valence-electron chi connectivity index (χ2n) is 6.03. The highest BCUT2D eigenvalue weighted by molar-refractivity contribution is 5.87. The lowest BCUT2D eigenvalue weighted by Crippen LogP contribution is -2.25. The summed E-state index contributed by atoms with van der Waals surface area (Å²) in [6, 6.07) is 14.2. The summed E-state index contributed by atoms with van der Waals surface area (Å²) in [5, 5.41) is 12.6. The first kappa shape index (κ1) is 14.8. The first-order valence-corrected chi connectivity index (χ1v) is 7.78. The number of benzene rings is 2. The lowest BCUT2D eigenvalue weighted by Gasteiger charge is -2.27. The Hall–Kier alpha value is -2.13. The SMILES string of the molecule is Cc1ccc2c(c1)[C@@H](NCc1ccc(C(=O)O)cc1)CCC2. The minimum absolute atomic E-state index is 0.336. The molecule has 0 aliphatic heterocycles. The van der Waals surface area contributed by atoms with Crippen LogP contribution >= 0.6 is 0 Å². The number of carbonyl (C=O) groups is 1. The fraction of sp³-hybridized carbons (Fsp3) is 0.316. The van der Waals surface area contributed by atoms with E-state index in [1.54, 1.807) is 12.1 Å². The second-order valence-corrected chi connectivity index (χ2v) is 6.03. The van der Waals surface area contributed by atoms with E-state index in [-0.39, 0.29) is 0 Å². The molecule has 0 saturated carbocycles. The number of carboxylic acid groups (broad SMARTS) is 1. The number of fused-ring (bicyclic) bond motifs is 1. The van der Waals surface area contributed by atoms with Crippen LogP contribution in [-0.2, 0) is 13.0 Å². The average molecular weight is 295 g/mol. The van der Waals surface area contributed by atoms with Gasteiger partial charge in [-0.1, -0.05) is 35.9 Å². The third kappa shape index (κ3) is 3.20. The molecular weight excluding hydrogens is 274 g/mol. The standard InChI is InChI=1S/C19H21NO2/c1-13-5-8-15-3-2-4-18(17(15)11-13)20-12-14-6-9-16(10-7-14)19(21)22/h5-11,18,20H,2-4,12H2,1H3,(H,21,22)/t18-/m0/s1. The first-order valence-electron chi connectivity index (χ1n) is 7.78. The van der Waals surface area contributed by atoms with E-state index < -0.39 is 5.97 Å². The van der Waals surface area contributed by atoms with Crippen molar-refractivity contribution in [1.82, 2.24) is 5.32 Å². The molecule has 0 aromatic heterocycles. The Morgan fingerprint density at radius 3 is 2.73 bits per heavy atom. The van der Waals surface area contributed by atoms with Crippen molar-refractivity contribution in [2.24, 2.45) is 0 Å². The van der Waals surface area contributed by atoms with E-state index in [1.165, 1.54) is 29.5 Å². The maximum atomic E-state index is 10.9. The zero-order chi connectivity index (χ0) is 15.5. The zero-order valence-electron chi connectivity index (χ0n) is 12.8. The van der Waals surface area contributed by atoms with Crippen LogP contribution in [0.5, 0.6) is 0 Å². The molecule has 1 aliphatic carbocycles. The highest BCUT2D eigenvalue weighted by Gasteiger charge is 2.19. The minimum atomic E-state index is -0.879. The van der Waals surface area contributed by atoms with Gasteiger partial charge in [0.05, 0.1) is 5.56 Å². The van der Waals surface area contributed by atoms with Crippen LogP contribution < -0.4 is 5.32 Å². The predicted molar refractivity (Wildman–Crippen MR) is 87.1 cm³/mol. The third-order valence-corrected chi connectivity index (χ3v) is 4.37. The van der Waals surface area contributed by atoms with Crippen molar-refractivity contribution in [3.63, 3.8) is 0 Å². The highest BCUT2D eigenvalue weighted by Crippen LogP contribution is 2.30. The topological polar surface area (TPSA) is 49.3 Å². The molecule has 0 unspecified atom stereocenters. The summed E-state index contributed by atoms with van der Waals surface area (Å²) in [6.07, 6.45) is 3.54. The predicted octanol–water partition coefficient (Wildman–Crippen LogP) is 3.86. The van der Waals surface area contributed by atoms with Gasteiger partial charge < -0.3 is 10.4 Å². The molecule has 0 heterocycles. The molecule has 3 nitrogen and oxygen atoms in total. The molecule has 3 heteroatoms. The minimum Gasteiger partial charge on any atom is -0.478 e. The van der Waals surface area contributed by atoms with Gasteiger partial charge in [0.1, 0.15) is 0 Å². The van der Waals surface area contributed by atoms with Crippen LogP contribution in [0.3, 0.4) is 0 Å². The molecule has 22 heavy (non-hydrogen) atoms. The highest BCUT2D eigenvalue weighted by atomic mass is 16.4. The third-order valence-electron chi connectivity index (χ3n) is 4.37. The van der Waals surface area contributed by atoms with Crippen molar-refractivity contribution >= 4 is 5.97 Å². The molecule has 2 aromatic carbocycles. The summed E-state index contributed by atoms with van der Waals surface area (Å²) in [7, 11) is 0. The van der Waals surface area contributed by atoms with Crippen molar-refractivity contribution in [3.8, 4) is 0 Å². The van der Waals surface area contributed by atoms with Crippen LogP contribution in [-0.4, -0.2) is 11.1 Å². The van der Waals surface area contributed by atoms with Crippen molar-refractivity contribution in [2.75, 3.05) is 0 Å². The largest absolute Gasteiger partial charge is 0.478 e.